The minimum Gasteiger partial charge on any atom is -0.394 e. The second kappa shape index (κ2) is 8.86. The van der Waals surface area contributed by atoms with Crippen LogP contribution in [0.5, 0.6) is 0 Å². The summed E-state index contributed by atoms with van der Waals surface area (Å²) >= 11 is 0. The Hall–Kier alpha value is -4.24. The third-order valence-electron chi connectivity index (χ3n) is 5.15. The van der Waals surface area contributed by atoms with E-state index in [-0.39, 0.29) is 6.54 Å². The van der Waals surface area contributed by atoms with Gasteiger partial charge in [0.05, 0.1) is 12.6 Å². The molecule has 0 fully saturated rings. The molecule has 0 aliphatic rings. The van der Waals surface area contributed by atoms with E-state index in [9.17, 15) is 24.3 Å². The smallest absolute Gasteiger partial charge is 0.320 e. The fourth-order valence-electron chi connectivity index (χ4n) is 3.47. The first kappa shape index (κ1) is 21.0. The first-order chi connectivity index (χ1) is 15.5. The van der Waals surface area contributed by atoms with Gasteiger partial charge in [0.25, 0.3) is 0 Å². The average molecular weight is 432 g/mol. The van der Waals surface area contributed by atoms with Gasteiger partial charge in [-0.25, -0.2) is 0 Å². The predicted molar refractivity (Wildman–Crippen MR) is 119 cm³/mol. The topological polar surface area (TPSA) is 108 Å². The molecular weight excluding hydrogens is 412 g/mol. The Balaban J connectivity index is 1.69. The van der Waals surface area contributed by atoms with Crippen molar-refractivity contribution in [2.75, 3.05) is 6.61 Å². The number of aliphatic hydroxyl groups excluding tert-OH is 1. The predicted octanol–water partition coefficient (Wildman–Crippen LogP) is 0.545. The van der Waals surface area contributed by atoms with Gasteiger partial charge in [-0.1, -0.05) is 36.4 Å². The normalized spacial score (nSPS) is 11.9. The highest BCUT2D eigenvalue weighted by Gasteiger charge is 2.17. The van der Waals surface area contributed by atoms with Crippen molar-refractivity contribution in [3.05, 3.63) is 127 Å². The molecule has 9 nitrogen and oxygen atoms in total. The lowest BCUT2D eigenvalue weighted by atomic mass is 10.3. The molecule has 0 aliphatic heterocycles. The maximum absolute atomic E-state index is 12.7. The molecule has 0 saturated heterocycles. The van der Waals surface area contributed by atoms with Crippen LogP contribution in [-0.2, 0) is 6.54 Å². The van der Waals surface area contributed by atoms with Crippen LogP contribution in [0.1, 0.15) is 6.04 Å². The highest BCUT2D eigenvalue weighted by atomic mass is 16.3. The quantitative estimate of drug-likeness (QED) is 0.448. The summed E-state index contributed by atoms with van der Waals surface area (Å²) in [5, 5.41) is 9.87. The summed E-state index contributed by atoms with van der Waals surface area (Å²) in [7, 11) is 0. The fourth-order valence-corrected chi connectivity index (χ4v) is 3.47. The summed E-state index contributed by atoms with van der Waals surface area (Å²) in [5.74, 6) is 0. The SMILES string of the molecule is O=c1c(=O)n(-c2ccccc2)ccn1CC(CO)n1ccn(-c2ccccc2)c(=O)c1=O. The largest absolute Gasteiger partial charge is 0.394 e. The van der Waals surface area contributed by atoms with E-state index in [1.807, 2.05) is 0 Å². The molecular formula is C23H20N4O5. The number of para-hydroxylation sites is 2. The van der Waals surface area contributed by atoms with Gasteiger partial charge < -0.3 is 14.2 Å². The van der Waals surface area contributed by atoms with Crippen molar-refractivity contribution in [1.82, 2.24) is 18.3 Å². The Labute approximate surface area is 181 Å². The van der Waals surface area contributed by atoms with Gasteiger partial charge in [-0.05, 0) is 24.3 Å². The van der Waals surface area contributed by atoms with Gasteiger partial charge in [0.1, 0.15) is 0 Å². The van der Waals surface area contributed by atoms with Gasteiger partial charge >= 0.3 is 22.2 Å². The van der Waals surface area contributed by atoms with Crippen LogP contribution >= 0.6 is 0 Å². The van der Waals surface area contributed by atoms with Crippen molar-refractivity contribution in [1.29, 1.82) is 0 Å². The van der Waals surface area contributed by atoms with E-state index >= 15 is 0 Å². The second-order valence-electron chi connectivity index (χ2n) is 7.12. The van der Waals surface area contributed by atoms with Gasteiger partial charge in [0.15, 0.2) is 0 Å². The van der Waals surface area contributed by atoms with E-state index in [0.29, 0.717) is 11.4 Å². The molecule has 32 heavy (non-hydrogen) atoms. The van der Waals surface area contributed by atoms with Crippen molar-refractivity contribution < 1.29 is 5.11 Å². The summed E-state index contributed by atoms with van der Waals surface area (Å²) < 4.78 is 4.63. The minimum atomic E-state index is -0.912. The molecule has 1 unspecified atom stereocenters. The summed E-state index contributed by atoms with van der Waals surface area (Å²) in [6.45, 7) is -0.669. The molecule has 0 bridgehead atoms. The van der Waals surface area contributed by atoms with Crippen molar-refractivity contribution >= 4 is 0 Å². The van der Waals surface area contributed by atoms with Gasteiger partial charge in [0, 0.05) is 42.7 Å². The number of aromatic nitrogens is 4. The van der Waals surface area contributed by atoms with Crippen molar-refractivity contribution in [3.63, 3.8) is 0 Å². The monoisotopic (exact) mass is 432 g/mol. The van der Waals surface area contributed by atoms with Crippen LogP contribution in [0, 0.1) is 0 Å². The first-order valence-corrected chi connectivity index (χ1v) is 9.89. The van der Waals surface area contributed by atoms with Crippen LogP contribution in [-0.4, -0.2) is 30.0 Å². The molecule has 2 aromatic heterocycles. The molecule has 0 amide bonds. The van der Waals surface area contributed by atoms with Crippen LogP contribution in [0.3, 0.4) is 0 Å². The standard InChI is InChI=1S/C23H20N4O5/c28-16-19(27-14-13-26(22(31)23(27)32)18-9-5-2-6-10-18)15-24-11-12-25(21(30)20(24)29)17-7-3-1-4-8-17/h1-14,19,28H,15-16H2. The lowest BCUT2D eigenvalue weighted by Crippen LogP contribution is -2.45. The molecule has 2 aromatic carbocycles. The van der Waals surface area contributed by atoms with Crippen molar-refractivity contribution in [2.45, 2.75) is 12.6 Å². The van der Waals surface area contributed by atoms with E-state index in [4.69, 9.17) is 0 Å². The molecule has 162 valence electrons. The summed E-state index contributed by atoms with van der Waals surface area (Å²) in [6.07, 6.45) is 5.67. The number of hydrogen-bond acceptors (Lipinski definition) is 5. The summed E-state index contributed by atoms with van der Waals surface area (Å²) in [6, 6.07) is 16.4. The zero-order valence-corrected chi connectivity index (χ0v) is 16.9. The highest BCUT2D eigenvalue weighted by molar-refractivity contribution is 5.32. The van der Waals surface area contributed by atoms with Crippen LogP contribution in [0.25, 0.3) is 11.4 Å². The van der Waals surface area contributed by atoms with E-state index < -0.39 is 34.9 Å². The molecule has 1 N–H and O–H groups in total. The first-order valence-electron chi connectivity index (χ1n) is 9.89. The number of benzene rings is 2. The molecule has 0 aliphatic carbocycles. The van der Waals surface area contributed by atoms with Crippen molar-refractivity contribution in [3.8, 4) is 11.4 Å². The fraction of sp³-hybridized carbons (Fsp3) is 0.130. The van der Waals surface area contributed by atoms with E-state index in [1.165, 1.54) is 33.9 Å². The van der Waals surface area contributed by atoms with E-state index in [2.05, 4.69) is 0 Å². The van der Waals surface area contributed by atoms with Crippen LogP contribution in [0.4, 0.5) is 0 Å². The molecule has 1 atom stereocenters. The lowest BCUT2D eigenvalue weighted by molar-refractivity contribution is 0.208. The zero-order chi connectivity index (χ0) is 22.7. The third kappa shape index (κ3) is 3.88. The number of rotatable bonds is 6. The Bertz CT molecular complexity index is 1470. The molecule has 0 spiro atoms. The molecule has 2 heterocycles. The number of hydrogen-bond donors (Lipinski definition) is 1. The minimum absolute atomic E-state index is 0.158. The van der Waals surface area contributed by atoms with Gasteiger partial charge in [0.2, 0.25) is 0 Å². The summed E-state index contributed by atoms with van der Waals surface area (Å²) in [4.78, 5) is 50.5. The zero-order valence-electron chi connectivity index (χ0n) is 16.9. The van der Waals surface area contributed by atoms with Gasteiger partial charge in [-0.15, -0.1) is 0 Å². The Morgan fingerprint density at radius 2 is 1.12 bits per heavy atom. The third-order valence-corrected chi connectivity index (χ3v) is 5.15. The Morgan fingerprint density at radius 1 is 0.625 bits per heavy atom. The maximum atomic E-state index is 12.7. The molecule has 4 rings (SSSR count). The van der Waals surface area contributed by atoms with Crippen molar-refractivity contribution in [2.24, 2.45) is 0 Å². The molecule has 0 radical (unpaired) electrons. The lowest BCUT2D eigenvalue weighted by Gasteiger charge is -2.19. The maximum Gasteiger partial charge on any atom is 0.320 e. The highest BCUT2D eigenvalue weighted by Crippen LogP contribution is 2.07. The van der Waals surface area contributed by atoms with Crippen LogP contribution in [0.2, 0.25) is 0 Å². The van der Waals surface area contributed by atoms with Gasteiger partial charge in [-0.2, -0.15) is 0 Å². The Kier molecular flexibility index (Phi) is 5.82. The number of nitrogens with zero attached hydrogens (tertiary/aromatic N) is 4. The summed E-state index contributed by atoms with van der Waals surface area (Å²) in [5.41, 5.74) is -2.13. The molecule has 0 saturated carbocycles. The second-order valence-corrected chi connectivity index (χ2v) is 7.12. The van der Waals surface area contributed by atoms with Gasteiger partial charge in [-0.3, -0.25) is 28.3 Å². The number of aliphatic hydroxyl groups is 1. The average Bonchev–Trinajstić information content (AvgIpc) is 2.83. The molecule has 9 heteroatoms. The molecule has 4 aromatic rings. The van der Waals surface area contributed by atoms with Crippen LogP contribution < -0.4 is 22.2 Å². The Morgan fingerprint density at radius 3 is 1.66 bits per heavy atom. The van der Waals surface area contributed by atoms with E-state index in [0.717, 1.165) is 9.13 Å². The van der Waals surface area contributed by atoms with E-state index in [1.54, 1.807) is 60.7 Å². The van der Waals surface area contributed by atoms with Crippen LogP contribution in [0.15, 0.2) is 105 Å².